The molecule has 2 aromatic rings. The minimum atomic E-state index is 0.552. The summed E-state index contributed by atoms with van der Waals surface area (Å²) in [6, 6.07) is 17.8. The molecular weight excluding hydrogens is 270 g/mol. The molecule has 0 saturated heterocycles. The Balaban J connectivity index is 1.88. The Kier molecular flexibility index (Phi) is 5.50. The smallest absolute Gasteiger partial charge is 0.128 e. The highest BCUT2D eigenvalue weighted by Gasteiger charge is 2.06. The number of ether oxygens (including phenoxy) is 1. The fourth-order valence-electron chi connectivity index (χ4n) is 1.77. The van der Waals surface area contributed by atoms with Crippen molar-refractivity contribution in [2.75, 3.05) is 12.4 Å². The summed E-state index contributed by atoms with van der Waals surface area (Å²) >= 11 is 1.76. The van der Waals surface area contributed by atoms with E-state index in [-0.39, 0.29) is 0 Å². The third kappa shape index (κ3) is 4.03. The molecule has 0 fully saturated rings. The maximum atomic E-state index is 8.86. The predicted octanol–water partition coefficient (Wildman–Crippen LogP) is 4.06. The standard InChI is InChI=1S/C16H17NO2S/c1-13(17-18)15-9-5-6-10-16(15)19-11-12-20-14-7-3-2-4-8-14/h2-10,18H,11-12H2,1H3. The molecule has 104 valence electrons. The third-order valence-corrected chi connectivity index (χ3v) is 3.76. The maximum absolute atomic E-state index is 8.86. The number of hydrogen-bond donors (Lipinski definition) is 1. The van der Waals surface area contributed by atoms with E-state index >= 15 is 0 Å². The van der Waals surface area contributed by atoms with Gasteiger partial charge >= 0.3 is 0 Å². The molecule has 2 rings (SSSR count). The van der Waals surface area contributed by atoms with Gasteiger partial charge in [0.1, 0.15) is 5.75 Å². The van der Waals surface area contributed by atoms with E-state index in [0.717, 1.165) is 17.1 Å². The molecule has 0 aliphatic carbocycles. The first kappa shape index (κ1) is 14.5. The van der Waals surface area contributed by atoms with Crippen LogP contribution in [0.3, 0.4) is 0 Å². The van der Waals surface area contributed by atoms with Crippen molar-refractivity contribution >= 4 is 17.5 Å². The highest BCUT2D eigenvalue weighted by Crippen LogP contribution is 2.21. The van der Waals surface area contributed by atoms with Crippen LogP contribution in [0.4, 0.5) is 0 Å². The third-order valence-electron chi connectivity index (χ3n) is 2.78. The predicted molar refractivity (Wildman–Crippen MR) is 83.1 cm³/mol. The SMILES string of the molecule is CC(=NO)c1ccccc1OCCSc1ccccc1. The zero-order valence-electron chi connectivity index (χ0n) is 11.3. The van der Waals surface area contributed by atoms with E-state index in [1.165, 1.54) is 4.90 Å². The van der Waals surface area contributed by atoms with Crippen molar-refractivity contribution in [3.8, 4) is 5.75 Å². The van der Waals surface area contributed by atoms with Gasteiger partial charge < -0.3 is 9.94 Å². The molecule has 0 aromatic heterocycles. The topological polar surface area (TPSA) is 41.8 Å². The van der Waals surface area contributed by atoms with Crippen LogP contribution >= 0.6 is 11.8 Å². The van der Waals surface area contributed by atoms with Crippen molar-refractivity contribution < 1.29 is 9.94 Å². The van der Waals surface area contributed by atoms with Crippen LogP contribution in [0, 0.1) is 0 Å². The lowest BCUT2D eigenvalue weighted by Crippen LogP contribution is -2.05. The minimum Gasteiger partial charge on any atom is -0.492 e. The molecule has 0 aliphatic rings. The molecule has 0 amide bonds. The fourth-order valence-corrected chi connectivity index (χ4v) is 2.53. The lowest BCUT2D eigenvalue weighted by molar-refractivity contribution is 0.317. The van der Waals surface area contributed by atoms with Gasteiger partial charge in [0.25, 0.3) is 0 Å². The van der Waals surface area contributed by atoms with Gasteiger partial charge in [0.15, 0.2) is 0 Å². The van der Waals surface area contributed by atoms with Gasteiger partial charge in [-0.3, -0.25) is 0 Å². The molecule has 0 aliphatic heterocycles. The van der Waals surface area contributed by atoms with Gasteiger partial charge in [-0.1, -0.05) is 35.5 Å². The normalized spacial score (nSPS) is 11.3. The summed E-state index contributed by atoms with van der Waals surface area (Å²) in [6.07, 6.45) is 0. The van der Waals surface area contributed by atoms with E-state index in [9.17, 15) is 0 Å². The van der Waals surface area contributed by atoms with Gasteiger partial charge in [-0.25, -0.2) is 0 Å². The average molecular weight is 287 g/mol. The zero-order chi connectivity index (χ0) is 14.2. The molecule has 4 heteroatoms. The maximum Gasteiger partial charge on any atom is 0.128 e. The summed E-state index contributed by atoms with van der Waals surface area (Å²) < 4.78 is 5.77. The van der Waals surface area contributed by atoms with Crippen LogP contribution in [-0.4, -0.2) is 23.3 Å². The van der Waals surface area contributed by atoms with Gasteiger partial charge in [-0.05, 0) is 31.2 Å². The Morgan fingerprint density at radius 3 is 2.55 bits per heavy atom. The fraction of sp³-hybridized carbons (Fsp3) is 0.188. The second-order valence-electron chi connectivity index (χ2n) is 4.19. The van der Waals surface area contributed by atoms with Crippen LogP contribution in [0.15, 0.2) is 64.6 Å². The molecular formula is C16H17NO2S. The van der Waals surface area contributed by atoms with E-state index in [0.29, 0.717) is 12.3 Å². The van der Waals surface area contributed by atoms with Gasteiger partial charge in [-0.15, -0.1) is 11.8 Å². The Morgan fingerprint density at radius 2 is 1.80 bits per heavy atom. The van der Waals surface area contributed by atoms with Crippen molar-refractivity contribution in [3.63, 3.8) is 0 Å². The number of oxime groups is 1. The van der Waals surface area contributed by atoms with Gasteiger partial charge in [-0.2, -0.15) is 0 Å². The monoisotopic (exact) mass is 287 g/mol. The minimum absolute atomic E-state index is 0.552. The molecule has 20 heavy (non-hydrogen) atoms. The molecule has 1 N–H and O–H groups in total. The van der Waals surface area contributed by atoms with Crippen LogP contribution in [0.2, 0.25) is 0 Å². The zero-order valence-corrected chi connectivity index (χ0v) is 12.1. The van der Waals surface area contributed by atoms with E-state index in [2.05, 4.69) is 17.3 Å². The summed E-state index contributed by atoms with van der Waals surface area (Å²) in [5.74, 6) is 1.62. The Hall–Kier alpha value is -1.94. The molecule has 0 spiro atoms. The summed E-state index contributed by atoms with van der Waals surface area (Å²) in [4.78, 5) is 1.23. The average Bonchev–Trinajstić information content (AvgIpc) is 2.52. The number of benzene rings is 2. The van der Waals surface area contributed by atoms with E-state index < -0.39 is 0 Å². The van der Waals surface area contributed by atoms with Crippen molar-refractivity contribution in [1.82, 2.24) is 0 Å². The lowest BCUT2D eigenvalue weighted by Gasteiger charge is -2.10. The first-order chi connectivity index (χ1) is 9.81. The summed E-state index contributed by atoms with van der Waals surface area (Å²) in [7, 11) is 0. The molecule has 0 atom stereocenters. The summed E-state index contributed by atoms with van der Waals surface area (Å²) in [5.41, 5.74) is 1.37. The highest BCUT2D eigenvalue weighted by atomic mass is 32.2. The Labute approximate surface area is 123 Å². The molecule has 0 saturated carbocycles. The largest absolute Gasteiger partial charge is 0.492 e. The van der Waals surface area contributed by atoms with E-state index in [4.69, 9.17) is 9.94 Å². The quantitative estimate of drug-likeness (QED) is 0.286. The van der Waals surface area contributed by atoms with Crippen molar-refractivity contribution in [1.29, 1.82) is 0 Å². The molecule has 2 aromatic carbocycles. The van der Waals surface area contributed by atoms with Crippen LogP contribution in [0.5, 0.6) is 5.75 Å². The number of nitrogens with zero attached hydrogens (tertiary/aromatic N) is 1. The van der Waals surface area contributed by atoms with Crippen LogP contribution in [0.1, 0.15) is 12.5 Å². The van der Waals surface area contributed by atoms with Crippen LogP contribution in [-0.2, 0) is 0 Å². The lowest BCUT2D eigenvalue weighted by atomic mass is 10.1. The van der Waals surface area contributed by atoms with E-state index in [1.807, 2.05) is 42.5 Å². The van der Waals surface area contributed by atoms with Gasteiger partial charge in [0.2, 0.25) is 0 Å². The molecule has 0 unspecified atom stereocenters. The second-order valence-corrected chi connectivity index (χ2v) is 5.36. The van der Waals surface area contributed by atoms with Crippen molar-refractivity contribution in [3.05, 3.63) is 60.2 Å². The molecule has 0 bridgehead atoms. The Morgan fingerprint density at radius 1 is 1.10 bits per heavy atom. The molecule has 0 radical (unpaired) electrons. The summed E-state index contributed by atoms with van der Waals surface area (Å²) in [5, 5.41) is 12.1. The molecule has 0 heterocycles. The molecule has 3 nitrogen and oxygen atoms in total. The van der Waals surface area contributed by atoms with Crippen LogP contribution < -0.4 is 4.74 Å². The van der Waals surface area contributed by atoms with E-state index in [1.54, 1.807) is 18.7 Å². The van der Waals surface area contributed by atoms with Crippen molar-refractivity contribution in [2.45, 2.75) is 11.8 Å². The number of hydrogen-bond acceptors (Lipinski definition) is 4. The van der Waals surface area contributed by atoms with Gasteiger partial charge in [0.05, 0.1) is 12.3 Å². The Bertz CT molecular complexity index is 570. The number of thioether (sulfide) groups is 1. The second kappa shape index (κ2) is 7.60. The highest BCUT2D eigenvalue weighted by molar-refractivity contribution is 7.99. The number of rotatable bonds is 6. The van der Waals surface area contributed by atoms with Crippen molar-refractivity contribution in [2.24, 2.45) is 5.16 Å². The number of para-hydroxylation sites is 1. The van der Waals surface area contributed by atoms with Gasteiger partial charge in [0, 0.05) is 16.2 Å². The first-order valence-electron chi connectivity index (χ1n) is 6.40. The van der Waals surface area contributed by atoms with Crippen LogP contribution in [0.25, 0.3) is 0 Å². The summed E-state index contributed by atoms with van der Waals surface area (Å²) in [6.45, 7) is 2.36. The first-order valence-corrected chi connectivity index (χ1v) is 7.38.